The molecule has 0 aromatic rings. The molecule has 0 aromatic heterocycles. The number of hydrogen-bond acceptors (Lipinski definition) is 1. The minimum absolute atomic E-state index is 0.357. The number of rotatable bonds is 4. The molecule has 0 amide bonds. The standard InChI is InChI=1S/C9H20FN/c1-7(2)5-8(10)9(3,4)6-11/h7-8H,5-6,11H2,1-4H3. The van der Waals surface area contributed by atoms with E-state index in [1.54, 1.807) is 0 Å². The van der Waals surface area contributed by atoms with E-state index in [1.165, 1.54) is 0 Å². The van der Waals surface area contributed by atoms with Crippen molar-refractivity contribution in [1.82, 2.24) is 0 Å². The zero-order valence-corrected chi connectivity index (χ0v) is 8.02. The highest BCUT2D eigenvalue weighted by Crippen LogP contribution is 2.26. The third-order valence-electron chi connectivity index (χ3n) is 2.05. The highest BCUT2D eigenvalue weighted by Gasteiger charge is 2.28. The van der Waals surface area contributed by atoms with Crippen LogP contribution in [0.4, 0.5) is 4.39 Å². The van der Waals surface area contributed by atoms with Gasteiger partial charge >= 0.3 is 0 Å². The first-order valence-electron chi connectivity index (χ1n) is 4.24. The van der Waals surface area contributed by atoms with E-state index < -0.39 is 6.17 Å². The summed E-state index contributed by atoms with van der Waals surface area (Å²) in [6.45, 7) is 8.22. The molecule has 0 bridgehead atoms. The second-order valence-corrected chi connectivity index (χ2v) is 4.29. The fraction of sp³-hybridized carbons (Fsp3) is 1.00. The van der Waals surface area contributed by atoms with Gasteiger partial charge in [0.25, 0.3) is 0 Å². The summed E-state index contributed by atoms with van der Waals surface area (Å²) in [4.78, 5) is 0. The lowest BCUT2D eigenvalue weighted by Gasteiger charge is -2.27. The molecular weight excluding hydrogens is 141 g/mol. The lowest BCUT2D eigenvalue weighted by atomic mass is 9.83. The van der Waals surface area contributed by atoms with Gasteiger partial charge in [0.05, 0.1) is 0 Å². The van der Waals surface area contributed by atoms with E-state index in [9.17, 15) is 4.39 Å². The van der Waals surface area contributed by atoms with Crippen LogP contribution in [0.1, 0.15) is 34.1 Å². The molecular formula is C9H20FN. The zero-order chi connectivity index (χ0) is 9.07. The minimum atomic E-state index is -0.771. The lowest BCUT2D eigenvalue weighted by molar-refractivity contribution is 0.127. The van der Waals surface area contributed by atoms with Gasteiger partial charge in [-0.05, 0) is 12.3 Å². The normalized spacial score (nSPS) is 15.5. The van der Waals surface area contributed by atoms with Gasteiger partial charge in [-0.2, -0.15) is 0 Å². The Morgan fingerprint density at radius 3 is 2.09 bits per heavy atom. The molecule has 0 heterocycles. The predicted octanol–water partition coefficient (Wildman–Crippen LogP) is 2.36. The highest BCUT2D eigenvalue weighted by atomic mass is 19.1. The number of halogens is 1. The van der Waals surface area contributed by atoms with Crippen LogP contribution in [-0.2, 0) is 0 Å². The number of nitrogens with two attached hydrogens (primary N) is 1. The van der Waals surface area contributed by atoms with E-state index in [1.807, 2.05) is 27.7 Å². The molecule has 11 heavy (non-hydrogen) atoms. The van der Waals surface area contributed by atoms with E-state index in [4.69, 9.17) is 5.73 Å². The van der Waals surface area contributed by atoms with E-state index >= 15 is 0 Å². The van der Waals surface area contributed by atoms with Gasteiger partial charge in [-0.3, -0.25) is 0 Å². The molecule has 1 nitrogen and oxygen atoms in total. The van der Waals surface area contributed by atoms with Crippen LogP contribution in [0.15, 0.2) is 0 Å². The Labute approximate surface area is 69.2 Å². The van der Waals surface area contributed by atoms with Crippen molar-refractivity contribution in [2.45, 2.75) is 40.3 Å². The second kappa shape index (κ2) is 4.05. The average Bonchev–Trinajstić information content (AvgIpc) is 1.86. The van der Waals surface area contributed by atoms with Crippen LogP contribution in [0.5, 0.6) is 0 Å². The summed E-state index contributed by atoms with van der Waals surface area (Å²) in [6, 6.07) is 0. The Kier molecular flexibility index (Phi) is 4.01. The molecule has 0 radical (unpaired) electrons. The third-order valence-corrected chi connectivity index (χ3v) is 2.05. The maximum Gasteiger partial charge on any atom is 0.107 e. The molecule has 2 N–H and O–H groups in total. The molecule has 0 spiro atoms. The Morgan fingerprint density at radius 2 is 1.82 bits per heavy atom. The molecule has 68 valence electrons. The van der Waals surface area contributed by atoms with Gasteiger partial charge in [-0.1, -0.05) is 27.7 Å². The molecule has 0 aliphatic rings. The summed E-state index contributed by atoms with van der Waals surface area (Å²) < 4.78 is 13.4. The Balaban J connectivity index is 3.90. The predicted molar refractivity (Wildman–Crippen MR) is 47.2 cm³/mol. The van der Waals surface area contributed by atoms with Crippen LogP contribution < -0.4 is 5.73 Å². The van der Waals surface area contributed by atoms with E-state index in [0.717, 1.165) is 0 Å². The topological polar surface area (TPSA) is 26.0 Å². The fourth-order valence-corrected chi connectivity index (χ4v) is 0.861. The first-order chi connectivity index (χ1) is 4.90. The molecule has 0 aliphatic carbocycles. The summed E-state index contributed by atoms with van der Waals surface area (Å²) in [5.74, 6) is 0.413. The maximum absolute atomic E-state index is 13.4. The quantitative estimate of drug-likeness (QED) is 0.673. The van der Waals surface area contributed by atoms with Crippen molar-refractivity contribution in [1.29, 1.82) is 0 Å². The smallest absolute Gasteiger partial charge is 0.107 e. The first-order valence-corrected chi connectivity index (χ1v) is 4.24. The summed E-state index contributed by atoms with van der Waals surface area (Å²) in [7, 11) is 0. The number of hydrogen-bond donors (Lipinski definition) is 1. The lowest BCUT2D eigenvalue weighted by Crippen LogP contribution is -2.34. The average molecular weight is 161 g/mol. The molecule has 0 fully saturated rings. The SMILES string of the molecule is CC(C)CC(F)C(C)(C)CN. The Hall–Kier alpha value is -0.110. The molecule has 0 aliphatic heterocycles. The van der Waals surface area contributed by atoms with Crippen LogP contribution in [-0.4, -0.2) is 12.7 Å². The van der Waals surface area contributed by atoms with Crippen LogP contribution in [0.2, 0.25) is 0 Å². The molecule has 0 saturated heterocycles. The Bertz CT molecular complexity index is 110. The minimum Gasteiger partial charge on any atom is -0.330 e. The van der Waals surface area contributed by atoms with Gasteiger partial charge in [-0.25, -0.2) is 4.39 Å². The van der Waals surface area contributed by atoms with Gasteiger partial charge in [0, 0.05) is 12.0 Å². The largest absolute Gasteiger partial charge is 0.330 e. The van der Waals surface area contributed by atoms with Gasteiger partial charge in [0.2, 0.25) is 0 Å². The van der Waals surface area contributed by atoms with Crippen molar-refractivity contribution in [2.75, 3.05) is 6.54 Å². The maximum atomic E-state index is 13.4. The summed E-state index contributed by atoms with van der Waals surface area (Å²) in [6.07, 6.45) is -0.156. The van der Waals surface area contributed by atoms with E-state index in [2.05, 4.69) is 0 Å². The van der Waals surface area contributed by atoms with Crippen LogP contribution in [0.3, 0.4) is 0 Å². The van der Waals surface area contributed by atoms with Crippen molar-refractivity contribution in [3.05, 3.63) is 0 Å². The van der Waals surface area contributed by atoms with E-state index in [0.29, 0.717) is 18.9 Å². The van der Waals surface area contributed by atoms with Crippen LogP contribution in [0.25, 0.3) is 0 Å². The van der Waals surface area contributed by atoms with Crippen molar-refractivity contribution in [3.63, 3.8) is 0 Å². The Morgan fingerprint density at radius 1 is 1.36 bits per heavy atom. The zero-order valence-electron chi connectivity index (χ0n) is 8.02. The van der Waals surface area contributed by atoms with Gasteiger partial charge in [0.15, 0.2) is 0 Å². The molecule has 1 atom stereocenters. The van der Waals surface area contributed by atoms with Gasteiger partial charge < -0.3 is 5.73 Å². The third kappa shape index (κ3) is 3.71. The highest BCUT2D eigenvalue weighted by molar-refractivity contribution is 4.79. The van der Waals surface area contributed by atoms with Gasteiger partial charge in [0.1, 0.15) is 6.17 Å². The van der Waals surface area contributed by atoms with Crippen molar-refractivity contribution < 1.29 is 4.39 Å². The van der Waals surface area contributed by atoms with E-state index in [-0.39, 0.29) is 5.41 Å². The fourth-order valence-electron chi connectivity index (χ4n) is 0.861. The second-order valence-electron chi connectivity index (χ2n) is 4.29. The monoisotopic (exact) mass is 161 g/mol. The molecule has 2 heteroatoms. The van der Waals surface area contributed by atoms with Crippen LogP contribution >= 0.6 is 0 Å². The first kappa shape index (κ1) is 10.9. The summed E-state index contributed by atoms with van der Waals surface area (Å²) >= 11 is 0. The number of alkyl halides is 1. The summed E-state index contributed by atoms with van der Waals surface area (Å²) in [5.41, 5.74) is 5.09. The van der Waals surface area contributed by atoms with Crippen molar-refractivity contribution in [2.24, 2.45) is 17.1 Å². The van der Waals surface area contributed by atoms with Crippen molar-refractivity contribution >= 4 is 0 Å². The van der Waals surface area contributed by atoms with Crippen LogP contribution in [0, 0.1) is 11.3 Å². The van der Waals surface area contributed by atoms with Crippen molar-refractivity contribution in [3.8, 4) is 0 Å². The molecule has 0 rings (SSSR count). The summed E-state index contributed by atoms with van der Waals surface area (Å²) in [5, 5.41) is 0. The molecule has 1 unspecified atom stereocenters. The molecule has 0 aromatic carbocycles. The molecule has 0 saturated carbocycles. The van der Waals surface area contributed by atoms with Gasteiger partial charge in [-0.15, -0.1) is 0 Å².